The number of hydrogen-bond donors (Lipinski definition) is 2. The lowest BCUT2D eigenvalue weighted by Crippen LogP contribution is -2.36. The standard InChI is InChI=1S/C39H44N2O8/c1-40-14-12-22-17-30(42)31(44-3)19-25(22)28(40)16-21-8-10-23(11-9-21)49-36-27-18-29-33-24(13-15-41(29)2)35(43)39(48-7)38(47-6)34(33)26(27)20-32(45-4)37(36)46-5/h8-11,17,19-20,28-29,42-43H,12-16,18H2,1-7H3/t28-,29+/m0/s1. The van der Waals surface area contributed by atoms with Gasteiger partial charge >= 0.3 is 0 Å². The monoisotopic (exact) mass is 668 g/mol. The van der Waals surface area contributed by atoms with E-state index in [-0.39, 0.29) is 23.6 Å². The minimum atomic E-state index is -0.0179. The molecule has 49 heavy (non-hydrogen) atoms. The van der Waals surface area contributed by atoms with Crippen molar-refractivity contribution in [3.05, 3.63) is 75.8 Å². The Labute approximate surface area is 287 Å². The third-order valence-electron chi connectivity index (χ3n) is 10.6. The van der Waals surface area contributed by atoms with Crippen LogP contribution in [0.3, 0.4) is 0 Å². The van der Waals surface area contributed by atoms with E-state index in [1.807, 2.05) is 30.3 Å². The van der Waals surface area contributed by atoms with E-state index in [0.29, 0.717) is 53.1 Å². The van der Waals surface area contributed by atoms with Gasteiger partial charge < -0.3 is 38.6 Å². The quantitative estimate of drug-likeness (QED) is 0.207. The fourth-order valence-electron chi connectivity index (χ4n) is 7.99. The van der Waals surface area contributed by atoms with E-state index in [4.69, 9.17) is 28.4 Å². The van der Waals surface area contributed by atoms with Gasteiger partial charge in [0.15, 0.2) is 34.5 Å². The lowest BCUT2D eigenvalue weighted by molar-refractivity contribution is 0.221. The van der Waals surface area contributed by atoms with Crippen LogP contribution in [0.15, 0.2) is 42.5 Å². The normalized spacial score (nSPS) is 18.2. The fourth-order valence-corrected chi connectivity index (χ4v) is 7.99. The number of aromatic hydroxyl groups is 2. The van der Waals surface area contributed by atoms with Crippen LogP contribution in [0.4, 0.5) is 0 Å². The molecule has 0 bridgehead atoms. The second-order valence-corrected chi connectivity index (χ2v) is 13.0. The number of benzene rings is 4. The van der Waals surface area contributed by atoms with Crippen molar-refractivity contribution in [2.45, 2.75) is 37.8 Å². The summed E-state index contributed by atoms with van der Waals surface area (Å²) in [5.74, 6) is 3.88. The van der Waals surface area contributed by atoms with E-state index in [0.717, 1.165) is 64.9 Å². The largest absolute Gasteiger partial charge is 0.504 e. The Bertz CT molecular complexity index is 1910. The number of hydrogen-bond acceptors (Lipinski definition) is 10. The summed E-state index contributed by atoms with van der Waals surface area (Å²) in [6.45, 7) is 1.69. The Kier molecular flexibility index (Phi) is 8.62. The highest BCUT2D eigenvalue weighted by Crippen LogP contribution is 2.60. The average Bonchev–Trinajstić information content (AvgIpc) is 3.11. The van der Waals surface area contributed by atoms with Crippen LogP contribution >= 0.6 is 0 Å². The van der Waals surface area contributed by atoms with Crippen molar-refractivity contribution in [2.75, 3.05) is 62.7 Å². The van der Waals surface area contributed by atoms with E-state index in [1.54, 1.807) is 35.5 Å². The number of likely N-dealkylation sites (N-methyl/N-ethyl adjacent to an activating group) is 2. The number of nitrogens with zero attached hydrogens (tertiary/aromatic N) is 2. The first-order valence-corrected chi connectivity index (χ1v) is 16.6. The molecule has 10 nitrogen and oxygen atoms in total. The molecule has 0 saturated heterocycles. The zero-order chi connectivity index (χ0) is 34.6. The number of methoxy groups -OCH3 is 5. The van der Waals surface area contributed by atoms with E-state index in [2.05, 4.69) is 36.0 Å². The van der Waals surface area contributed by atoms with Crippen LogP contribution in [-0.2, 0) is 25.7 Å². The third kappa shape index (κ3) is 5.34. The van der Waals surface area contributed by atoms with Crippen molar-refractivity contribution in [2.24, 2.45) is 0 Å². The molecule has 0 fully saturated rings. The molecule has 0 aromatic heterocycles. The molecule has 2 N–H and O–H groups in total. The Balaban J connectivity index is 1.28. The van der Waals surface area contributed by atoms with Crippen molar-refractivity contribution in [3.8, 4) is 62.9 Å². The summed E-state index contributed by atoms with van der Waals surface area (Å²) in [6, 6.07) is 14.1. The molecule has 4 aromatic carbocycles. The maximum Gasteiger partial charge on any atom is 0.204 e. The van der Waals surface area contributed by atoms with Crippen LogP contribution in [-0.4, -0.2) is 82.7 Å². The molecule has 0 saturated carbocycles. The van der Waals surface area contributed by atoms with Gasteiger partial charge in [0.05, 0.1) is 35.5 Å². The molecular formula is C39H44N2O8. The summed E-state index contributed by atoms with van der Waals surface area (Å²) in [5, 5.41) is 21.7. The van der Waals surface area contributed by atoms with Gasteiger partial charge in [-0.25, -0.2) is 0 Å². The highest BCUT2D eigenvalue weighted by molar-refractivity contribution is 5.89. The van der Waals surface area contributed by atoms with Gasteiger partial charge in [0.25, 0.3) is 0 Å². The molecule has 10 heteroatoms. The molecule has 0 spiro atoms. The molecule has 0 radical (unpaired) electrons. The number of ether oxygens (including phenoxy) is 6. The maximum atomic E-state index is 11.3. The fraction of sp³-hybridized carbons (Fsp3) is 0.385. The molecule has 0 unspecified atom stereocenters. The Morgan fingerprint density at radius 3 is 2.08 bits per heavy atom. The molecule has 0 amide bonds. The second kappa shape index (κ2) is 12.9. The van der Waals surface area contributed by atoms with Gasteiger partial charge in [-0.2, -0.15) is 0 Å². The first kappa shape index (κ1) is 32.7. The minimum absolute atomic E-state index is 0.0179. The van der Waals surface area contributed by atoms with Gasteiger partial charge in [-0.05, 0) is 97.9 Å². The summed E-state index contributed by atoms with van der Waals surface area (Å²) in [6.07, 6.45) is 3.00. The number of phenolic OH excluding ortho intramolecular Hbond substituents is 2. The predicted molar refractivity (Wildman–Crippen MR) is 186 cm³/mol. The topological polar surface area (TPSA) is 102 Å². The second-order valence-electron chi connectivity index (χ2n) is 13.0. The average molecular weight is 669 g/mol. The first-order chi connectivity index (χ1) is 23.7. The lowest BCUT2D eigenvalue weighted by atomic mass is 9.75. The predicted octanol–water partition coefficient (Wildman–Crippen LogP) is 6.46. The van der Waals surface area contributed by atoms with Crippen LogP contribution in [0.2, 0.25) is 0 Å². The van der Waals surface area contributed by atoms with Gasteiger partial charge in [-0.3, -0.25) is 9.80 Å². The van der Waals surface area contributed by atoms with Gasteiger partial charge in [-0.1, -0.05) is 12.1 Å². The summed E-state index contributed by atoms with van der Waals surface area (Å²) in [4.78, 5) is 4.66. The smallest absolute Gasteiger partial charge is 0.204 e. The lowest BCUT2D eigenvalue weighted by Gasteiger charge is -2.41. The van der Waals surface area contributed by atoms with Gasteiger partial charge in [-0.15, -0.1) is 0 Å². The summed E-state index contributed by atoms with van der Waals surface area (Å²) >= 11 is 0. The van der Waals surface area contributed by atoms with Gasteiger partial charge in [0, 0.05) is 41.9 Å². The molecular weight excluding hydrogens is 624 g/mol. The molecule has 3 aliphatic rings. The molecule has 2 heterocycles. The molecule has 258 valence electrons. The molecule has 7 rings (SSSR count). The van der Waals surface area contributed by atoms with Crippen LogP contribution < -0.4 is 28.4 Å². The number of fused-ring (bicyclic) bond motifs is 3. The van der Waals surface area contributed by atoms with Crippen LogP contribution in [0.5, 0.6) is 51.7 Å². The summed E-state index contributed by atoms with van der Waals surface area (Å²) < 4.78 is 35.7. The molecule has 1 aliphatic carbocycles. The first-order valence-electron chi connectivity index (χ1n) is 16.6. The summed E-state index contributed by atoms with van der Waals surface area (Å²) in [5.41, 5.74) is 8.13. The van der Waals surface area contributed by atoms with E-state index in [9.17, 15) is 10.2 Å². The molecule has 2 aliphatic heterocycles. The zero-order valence-corrected chi connectivity index (χ0v) is 29.2. The highest BCUT2D eigenvalue weighted by Gasteiger charge is 2.41. The maximum absolute atomic E-state index is 11.3. The zero-order valence-electron chi connectivity index (χ0n) is 29.2. The van der Waals surface area contributed by atoms with Gasteiger partial charge in [0.2, 0.25) is 11.5 Å². The van der Waals surface area contributed by atoms with Crippen molar-refractivity contribution in [1.29, 1.82) is 0 Å². The third-order valence-corrected chi connectivity index (χ3v) is 10.6. The molecule has 2 atom stereocenters. The summed E-state index contributed by atoms with van der Waals surface area (Å²) in [7, 11) is 12.2. The number of rotatable bonds is 9. The highest BCUT2D eigenvalue weighted by atomic mass is 16.5. The van der Waals surface area contributed by atoms with E-state index in [1.165, 1.54) is 5.56 Å². The Hall–Kier alpha value is -4.80. The van der Waals surface area contributed by atoms with Crippen LogP contribution in [0.25, 0.3) is 11.1 Å². The van der Waals surface area contributed by atoms with E-state index < -0.39 is 0 Å². The minimum Gasteiger partial charge on any atom is -0.504 e. The Morgan fingerprint density at radius 1 is 0.714 bits per heavy atom. The SMILES string of the molecule is COc1cc2c(cc1O)CCN(C)[C@H]2Cc1ccc(Oc2c3c(cc(OC)c2OC)-c2c(OC)c(OC)c(O)c4c2[C@@H](C3)N(C)CC4)cc1. The van der Waals surface area contributed by atoms with E-state index >= 15 is 0 Å². The van der Waals surface area contributed by atoms with Crippen molar-refractivity contribution >= 4 is 0 Å². The van der Waals surface area contributed by atoms with Crippen molar-refractivity contribution in [1.82, 2.24) is 9.80 Å². The van der Waals surface area contributed by atoms with Crippen LogP contribution in [0.1, 0.15) is 45.5 Å². The van der Waals surface area contributed by atoms with Gasteiger partial charge in [0.1, 0.15) is 5.75 Å². The molecule has 4 aromatic rings. The van der Waals surface area contributed by atoms with Crippen molar-refractivity contribution < 1.29 is 38.6 Å². The van der Waals surface area contributed by atoms with Crippen LogP contribution in [0, 0.1) is 0 Å². The number of phenols is 2. The van der Waals surface area contributed by atoms with Crippen molar-refractivity contribution in [3.63, 3.8) is 0 Å². The Morgan fingerprint density at radius 2 is 1.41 bits per heavy atom.